The molecule has 0 rings (SSSR count). The number of carboxylic acid groups (broad SMARTS) is 1. The minimum Gasteiger partial charge on any atom is -0.479 e. The van der Waals surface area contributed by atoms with E-state index < -0.39 is 17.2 Å². The van der Waals surface area contributed by atoms with Crippen molar-refractivity contribution in [3.05, 3.63) is 0 Å². The van der Waals surface area contributed by atoms with Crippen LogP contribution in [0, 0.1) is 0 Å². The van der Waals surface area contributed by atoms with E-state index in [9.17, 15) is 4.79 Å². The average Bonchev–Trinajstić information content (AvgIpc) is 2.03. The first-order chi connectivity index (χ1) is 6.27. The van der Waals surface area contributed by atoms with Crippen molar-refractivity contribution in [3.63, 3.8) is 0 Å². The second-order valence-electron chi connectivity index (χ2n) is 4.18. The van der Waals surface area contributed by atoms with Crippen LogP contribution in [0.25, 0.3) is 0 Å². The van der Waals surface area contributed by atoms with Crippen molar-refractivity contribution in [2.24, 2.45) is 0 Å². The van der Waals surface area contributed by atoms with Gasteiger partial charge in [-0.3, -0.25) is 0 Å². The van der Waals surface area contributed by atoms with Crippen LogP contribution in [-0.4, -0.2) is 36.0 Å². The lowest BCUT2D eigenvalue weighted by molar-refractivity contribution is -0.193. The molecule has 0 aliphatic heterocycles. The molecular formula is C10H20O4. The molecule has 0 saturated heterocycles. The predicted octanol–water partition coefficient (Wildman–Crippen LogP) is 1.68. The second-order valence-corrected chi connectivity index (χ2v) is 4.18. The van der Waals surface area contributed by atoms with Crippen LogP contribution in [0.3, 0.4) is 0 Å². The van der Waals surface area contributed by atoms with Crippen LogP contribution < -0.4 is 0 Å². The molecule has 1 unspecified atom stereocenters. The number of methoxy groups -OCH3 is 1. The van der Waals surface area contributed by atoms with Crippen molar-refractivity contribution in [2.45, 2.75) is 45.3 Å². The van der Waals surface area contributed by atoms with Crippen molar-refractivity contribution < 1.29 is 19.4 Å². The summed E-state index contributed by atoms with van der Waals surface area (Å²) in [5.41, 5.74) is -1.72. The zero-order chi connectivity index (χ0) is 11.4. The Morgan fingerprint density at radius 3 is 2.14 bits per heavy atom. The number of hydrogen-bond acceptors (Lipinski definition) is 3. The standard InChI is InChI=1S/C10H20O4/c1-6-9(2,3)14-10(4,7-13-5)8(11)12/h6-7H2,1-5H3,(H,11,12). The first-order valence-electron chi connectivity index (χ1n) is 4.70. The van der Waals surface area contributed by atoms with Gasteiger partial charge in [0.15, 0.2) is 5.60 Å². The number of hydrogen-bond donors (Lipinski definition) is 1. The van der Waals surface area contributed by atoms with Crippen LogP contribution in [0.5, 0.6) is 0 Å². The Balaban J connectivity index is 4.60. The van der Waals surface area contributed by atoms with Crippen LogP contribution >= 0.6 is 0 Å². The third kappa shape index (κ3) is 3.64. The van der Waals surface area contributed by atoms with Crippen LogP contribution in [0.15, 0.2) is 0 Å². The smallest absolute Gasteiger partial charge is 0.338 e. The Bertz CT molecular complexity index is 200. The van der Waals surface area contributed by atoms with Gasteiger partial charge in [-0.2, -0.15) is 0 Å². The second kappa shape index (κ2) is 4.75. The molecule has 0 amide bonds. The zero-order valence-electron chi connectivity index (χ0n) is 9.59. The minimum atomic E-state index is -1.27. The third-order valence-corrected chi connectivity index (χ3v) is 2.23. The predicted molar refractivity (Wildman–Crippen MR) is 53.4 cm³/mol. The first-order valence-corrected chi connectivity index (χ1v) is 4.70. The highest BCUT2D eigenvalue weighted by Crippen LogP contribution is 2.23. The number of carboxylic acids is 1. The SMILES string of the molecule is CCC(C)(C)OC(C)(COC)C(=O)O. The number of aliphatic carboxylic acids is 1. The number of rotatable bonds is 6. The molecular weight excluding hydrogens is 184 g/mol. The molecule has 0 aromatic carbocycles. The molecule has 0 fully saturated rings. The highest BCUT2D eigenvalue weighted by Gasteiger charge is 2.39. The molecule has 0 aromatic heterocycles. The van der Waals surface area contributed by atoms with E-state index in [1.807, 2.05) is 20.8 Å². The molecule has 1 N–H and O–H groups in total. The Labute approximate surface area is 85.2 Å². The lowest BCUT2D eigenvalue weighted by atomic mass is 10.0. The van der Waals surface area contributed by atoms with Gasteiger partial charge in [-0.1, -0.05) is 6.92 Å². The molecule has 84 valence electrons. The van der Waals surface area contributed by atoms with Crippen molar-refractivity contribution in [3.8, 4) is 0 Å². The molecule has 0 saturated carbocycles. The molecule has 4 heteroatoms. The molecule has 1 atom stereocenters. The molecule has 0 radical (unpaired) electrons. The summed E-state index contributed by atoms with van der Waals surface area (Å²) in [6.45, 7) is 7.25. The minimum absolute atomic E-state index is 0.0474. The van der Waals surface area contributed by atoms with Gasteiger partial charge in [-0.15, -0.1) is 0 Å². The van der Waals surface area contributed by atoms with E-state index in [0.717, 1.165) is 6.42 Å². The van der Waals surface area contributed by atoms with Gasteiger partial charge in [0.1, 0.15) is 0 Å². The molecule has 0 aromatic rings. The Kier molecular flexibility index (Phi) is 4.55. The zero-order valence-corrected chi connectivity index (χ0v) is 9.59. The fourth-order valence-electron chi connectivity index (χ4n) is 1.09. The van der Waals surface area contributed by atoms with Gasteiger partial charge >= 0.3 is 5.97 Å². The summed E-state index contributed by atoms with van der Waals surface area (Å²) in [6.07, 6.45) is 0.750. The van der Waals surface area contributed by atoms with E-state index in [2.05, 4.69) is 0 Å². The van der Waals surface area contributed by atoms with E-state index in [1.54, 1.807) is 0 Å². The van der Waals surface area contributed by atoms with Gasteiger partial charge in [0, 0.05) is 7.11 Å². The molecule has 4 nitrogen and oxygen atoms in total. The van der Waals surface area contributed by atoms with Gasteiger partial charge in [0.05, 0.1) is 12.2 Å². The number of ether oxygens (including phenoxy) is 2. The van der Waals surface area contributed by atoms with E-state index in [0.29, 0.717) is 0 Å². The molecule has 0 spiro atoms. The topological polar surface area (TPSA) is 55.8 Å². The maximum Gasteiger partial charge on any atom is 0.338 e. The first kappa shape index (κ1) is 13.4. The van der Waals surface area contributed by atoms with Crippen molar-refractivity contribution in [2.75, 3.05) is 13.7 Å². The monoisotopic (exact) mass is 204 g/mol. The Morgan fingerprint density at radius 2 is 1.86 bits per heavy atom. The molecule has 0 aliphatic carbocycles. The molecule has 14 heavy (non-hydrogen) atoms. The Hall–Kier alpha value is -0.610. The summed E-state index contributed by atoms with van der Waals surface area (Å²) in [7, 11) is 1.46. The average molecular weight is 204 g/mol. The van der Waals surface area contributed by atoms with Crippen molar-refractivity contribution in [1.82, 2.24) is 0 Å². The lowest BCUT2D eigenvalue weighted by Gasteiger charge is -2.34. The highest BCUT2D eigenvalue weighted by molar-refractivity contribution is 5.77. The van der Waals surface area contributed by atoms with E-state index in [4.69, 9.17) is 14.6 Å². The van der Waals surface area contributed by atoms with Gasteiger partial charge in [0.25, 0.3) is 0 Å². The maximum atomic E-state index is 11.0. The summed E-state index contributed by atoms with van der Waals surface area (Å²) in [5.74, 6) is -0.999. The van der Waals surface area contributed by atoms with Crippen LogP contribution in [0.2, 0.25) is 0 Å². The van der Waals surface area contributed by atoms with Gasteiger partial charge < -0.3 is 14.6 Å². The van der Waals surface area contributed by atoms with Crippen LogP contribution in [0.4, 0.5) is 0 Å². The summed E-state index contributed by atoms with van der Waals surface area (Å²) >= 11 is 0. The normalized spacial score (nSPS) is 16.4. The largest absolute Gasteiger partial charge is 0.479 e. The van der Waals surface area contributed by atoms with Gasteiger partial charge in [-0.05, 0) is 27.2 Å². The van der Waals surface area contributed by atoms with E-state index in [-0.39, 0.29) is 6.61 Å². The van der Waals surface area contributed by atoms with Gasteiger partial charge in [-0.25, -0.2) is 4.79 Å². The summed E-state index contributed by atoms with van der Waals surface area (Å²) < 4.78 is 10.4. The van der Waals surface area contributed by atoms with E-state index in [1.165, 1.54) is 14.0 Å². The summed E-state index contributed by atoms with van der Waals surface area (Å²) in [4.78, 5) is 11.0. The van der Waals surface area contributed by atoms with Crippen LogP contribution in [-0.2, 0) is 14.3 Å². The lowest BCUT2D eigenvalue weighted by Crippen LogP contribution is -2.48. The van der Waals surface area contributed by atoms with Gasteiger partial charge in [0.2, 0.25) is 0 Å². The fraction of sp³-hybridized carbons (Fsp3) is 0.900. The fourth-order valence-corrected chi connectivity index (χ4v) is 1.09. The van der Waals surface area contributed by atoms with E-state index >= 15 is 0 Å². The Morgan fingerprint density at radius 1 is 1.36 bits per heavy atom. The molecule has 0 heterocycles. The summed E-state index contributed by atoms with van der Waals surface area (Å²) in [6, 6.07) is 0. The third-order valence-electron chi connectivity index (χ3n) is 2.23. The highest BCUT2D eigenvalue weighted by atomic mass is 16.6. The van der Waals surface area contributed by atoms with Crippen molar-refractivity contribution in [1.29, 1.82) is 0 Å². The number of carbonyl (C=O) groups is 1. The molecule has 0 aliphatic rings. The van der Waals surface area contributed by atoms with Crippen molar-refractivity contribution >= 4 is 5.97 Å². The van der Waals surface area contributed by atoms with Crippen LogP contribution in [0.1, 0.15) is 34.1 Å². The molecule has 0 bridgehead atoms. The maximum absolute atomic E-state index is 11.0. The quantitative estimate of drug-likeness (QED) is 0.715. The summed E-state index contributed by atoms with van der Waals surface area (Å²) in [5, 5.41) is 9.02.